The molecule has 8 aliphatic carbocycles. The minimum atomic E-state index is -0.633. The molecular weight excluding hydrogens is 1560 g/mol. The molecule has 0 unspecified atom stereocenters. The van der Waals surface area contributed by atoms with Crippen LogP contribution in [-0.2, 0) is 97.0 Å². The second-order valence-electron chi connectivity index (χ2n) is 36.3. The number of allylic oxidation sites excluding steroid dienone is 5. The molecule has 5 heterocycles. The second kappa shape index (κ2) is 35.3. The van der Waals surface area contributed by atoms with E-state index in [2.05, 4.69) is 77.7 Å². The van der Waals surface area contributed by atoms with Gasteiger partial charge in [0.15, 0.2) is 11.6 Å². The number of hydroxylamine groups is 2. The predicted octanol–water partition coefficient (Wildman–Crippen LogP) is 16.3. The molecular formula is C95H117N17O11. The minimum Gasteiger partial charge on any atom is -0.523 e. The zero-order chi connectivity index (χ0) is 90.7. The fourth-order valence-corrected chi connectivity index (χ4v) is 21.8. The van der Waals surface area contributed by atoms with Crippen LogP contribution in [0.15, 0.2) is 167 Å². The number of aryl methyl sites for hydroxylation is 4. The van der Waals surface area contributed by atoms with E-state index in [4.69, 9.17) is 49.8 Å². The third kappa shape index (κ3) is 16.3. The van der Waals surface area contributed by atoms with Crippen LogP contribution in [0.2, 0.25) is 0 Å². The molecule has 648 valence electrons. The Morgan fingerprint density at radius 2 is 0.797 bits per heavy atom. The van der Waals surface area contributed by atoms with Crippen molar-refractivity contribution in [1.29, 1.82) is 0 Å². The Morgan fingerprint density at radius 1 is 0.480 bits per heavy atom. The van der Waals surface area contributed by atoms with E-state index in [-0.39, 0.29) is 86.1 Å². The molecule has 0 radical (unpaired) electrons. The molecule has 5 aromatic heterocycles. The summed E-state index contributed by atoms with van der Waals surface area (Å²) in [5.74, 6) is 4.18. The van der Waals surface area contributed by atoms with Gasteiger partial charge in [-0.2, -0.15) is 20.4 Å². The fraction of sp³-hybridized carbons (Fsp3) is 0.442. The Labute approximate surface area is 721 Å². The van der Waals surface area contributed by atoms with E-state index in [1.54, 1.807) is 67.5 Å². The van der Waals surface area contributed by atoms with Gasteiger partial charge < -0.3 is 51.2 Å². The van der Waals surface area contributed by atoms with Crippen LogP contribution >= 0.6 is 0 Å². The maximum atomic E-state index is 12.9. The van der Waals surface area contributed by atoms with Crippen LogP contribution in [-0.4, -0.2) is 114 Å². The van der Waals surface area contributed by atoms with Gasteiger partial charge in [-0.15, -0.1) is 0 Å². The van der Waals surface area contributed by atoms with Crippen molar-refractivity contribution < 1.29 is 55.3 Å². The monoisotopic (exact) mass is 1670 g/mol. The van der Waals surface area contributed by atoms with E-state index in [9.17, 15) is 39.0 Å². The van der Waals surface area contributed by atoms with Crippen molar-refractivity contribution in [2.75, 3.05) is 35.4 Å². The smallest absolute Gasteiger partial charge is 0.256 e. The number of fused-ring (bicyclic) bond motifs is 13. The highest BCUT2D eigenvalue weighted by Gasteiger charge is 2.61. The first-order valence-electron chi connectivity index (χ1n) is 42.3. The molecule has 9 aromatic rings. The number of nitrogens with one attached hydrogen (secondary N) is 6. The summed E-state index contributed by atoms with van der Waals surface area (Å²) in [6.07, 6.45) is 13.1. The van der Waals surface area contributed by atoms with E-state index in [0.717, 1.165) is 126 Å². The molecule has 8 atom stereocenters. The number of nitrogens with zero attached hydrogens (tertiary/aromatic N) is 11. The molecule has 0 spiro atoms. The number of benzene rings is 4. The van der Waals surface area contributed by atoms with E-state index in [1.807, 2.05) is 166 Å². The van der Waals surface area contributed by atoms with Crippen molar-refractivity contribution in [1.82, 2.24) is 55.2 Å². The van der Waals surface area contributed by atoms with Gasteiger partial charge in [-0.25, -0.2) is 20.7 Å². The number of aliphatic hydroxyl groups excluding tert-OH is 2. The zero-order valence-corrected chi connectivity index (χ0v) is 73.9. The van der Waals surface area contributed by atoms with Crippen LogP contribution in [0.25, 0.3) is 9.69 Å². The number of anilines is 4. The number of carbonyl (C=O) groups is 6. The van der Waals surface area contributed by atoms with Gasteiger partial charge in [-0.1, -0.05) is 175 Å². The van der Waals surface area contributed by atoms with Crippen LogP contribution in [0, 0.1) is 53.1 Å². The van der Waals surface area contributed by atoms with Gasteiger partial charge in [-0.05, 0) is 143 Å². The summed E-state index contributed by atoms with van der Waals surface area (Å²) in [7, 11) is 11.5. The normalized spacial score (nSPS) is 24.1. The van der Waals surface area contributed by atoms with Gasteiger partial charge in [-0.3, -0.25) is 42.7 Å². The lowest BCUT2D eigenvalue weighted by molar-refractivity contribution is -0.131. The number of Topliss-reactive ketones (excluding diaryl/α,β-unsaturated/α-hetero) is 2. The second-order valence-corrected chi connectivity index (χ2v) is 36.3. The average Bonchev–Trinajstić information content (AvgIpc) is 1.46. The molecule has 10 N–H and O–H groups in total. The Balaban J connectivity index is 0.000000156. The van der Waals surface area contributed by atoms with Gasteiger partial charge in [0, 0.05) is 143 Å². The zero-order valence-electron chi connectivity index (χ0n) is 74.9. The Kier molecular flexibility index (Phi) is 25.9. The van der Waals surface area contributed by atoms with Crippen molar-refractivity contribution in [3.63, 3.8) is 0 Å². The summed E-state index contributed by atoms with van der Waals surface area (Å²) >= 11 is 0. The third-order valence-corrected chi connectivity index (χ3v) is 27.3. The van der Waals surface area contributed by atoms with Gasteiger partial charge >= 0.3 is 0 Å². The molecule has 28 heteroatoms. The van der Waals surface area contributed by atoms with Gasteiger partial charge in [0.05, 0.1) is 48.4 Å². The number of aromatic nitrogens is 9. The molecule has 4 amide bonds. The number of aliphatic hydroxyl groups is 2. The number of hydrogen-bond acceptors (Lipinski definition) is 18. The summed E-state index contributed by atoms with van der Waals surface area (Å²) in [5, 5.41) is 70.6. The minimum absolute atomic E-state index is 0.0134. The average molecular weight is 1680 g/mol. The Morgan fingerprint density at radius 3 is 1.15 bits per heavy atom. The lowest BCUT2D eigenvalue weighted by Gasteiger charge is -2.52. The predicted molar refractivity (Wildman–Crippen MR) is 471 cm³/mol. The number of hydrogen-bond donors (Lipinski definition) is 10. The van der Waals surface area contributed by atoms with Crippen LogP contribution in [0.1, 0.15) is 228 Å². The fourth-order valence-electron chi connectivity index (χ4n) is 21.8. The summed E-state index contributed by atoms with van der Waals surface area (Å²) in [6, 6.07) is 36.6. The van der Waals surface area contributed by atoms with E-state index in [1.165, 1.54) is 27.1 Å². The molecule has 17 rings (SSSR count). The van der Waals surface area contributed by atoms with Gasteiger partial charge in [0.25, 0.3) is 23.6 Å². The highest BCUT2D eigenvalue weighted by molar-refractivity contribution is 6.07. The topological polar surface area (TPSA) is 362 Å². The lowest BCUT2D eigenvalue weighted by Crippen LogP contribution is -2.53. The van der Waals surface area contributed by atoms with Crippen LogP contribution in [0.3, 0.4) is 0 Å². The van der Waals surface area contributed by atoms with Crippen molar-refractivity contribution in [2.24, 2.45) is 68.1 Å². The summed E-state index contributed by atoms with van der Waals surface area (Å²) < 4.78 is 18.4. The first-order chi connectivity index (χ1) is 58.7. The quantitative estimate of drug-likeness (QED) is 0.0292. The van der Waals surface area contributed by atoms with Gasteiger partial charge in [0.2, 0.25) is 11.4 Å². The van der Waals surface area contributed by atoms with Crippen molar-refractivity contribution in [3.8, 4) is 0 Å². The number of amides is 4. The Hall–Kier alpha value is -12.2. The van der Waals surface area contributed by atoms with E-state index < -0.39 is 21.7 Å². The SMILES string of the molecule is CNO.CNO.Cn1nc2c(c1NC(=O)c1ccccc1)CC[C@H]1C(C)(C)C(=O)/C(=C\O)C[C@]21C.Cn1nc2c(c1NC(=O)c1ccccc1)CC[C@H]1C(C)(C)c3oncc3C[C@]21C.[3H]C.[C-]#[N+]C1=C(O)C(C)(C)[C@@H]2CCc3c(nn(C)c3NC(=O)c3ccccc3)[C@@]2(C)C1.[C-]#[N+]C1=C[C@]2(C)c3nn(C)c(NC(=O)c4ccccc4)c3CC[C@H]2C(C)(C)C1=O. The summed E-state index contributed by atoms with van der Waals surface area (Å²) in [5.41, 5.74) is 12.9. The molecule has 8 aliphatic rings. The lowest BCUT2D eigenvalue weighted by atomic mass is 9.50. The van der Waals surface area contributed by atoms with Crippen LogP contribution in [0.5, 0.6) is 0 Å². The summed E-state index contributed by atoms with van der Waals surface area (Å²) in [4.78, 5) is 83.7. The highest BCUT2D eigenvalue weighted by Crippen LogP contribution is 2.62. The van der Waals surface area contributed by atoms with E-state index in [0.29, 0.717) is 63.9 Å². The van der Waals surface area contributed by atoms with Crippen molar-refractivity contribution in [2.45, 2.75) is 188 Å². The molecule has 0 saturated heterocycles. The Bertz CT molecular complexity index is 5700. The largest absolute Gasteiger partial charge is 0.523 e. The first kappa shape index (κ1) is 90.0. The third-order valence-electron chi connectivity index (χ3n) is 27.3. The van der Waals surface area contributed by atoms with Gasteiger partial charge in [0.1, 0.15) is 34.8 Å². The standard InChI is InChI=1S/2C23H26N4O2.C23H24N4O2.C23H27N3O3.2CH5NO.CH4/c1-22(2)17-11-10-16-18(23(17,3)12-15-13-24-29-19(15)22)26-27(4)20(16)25-21(28)14-8-6-5-7-9-14;2*1-22(2)17-12-11-15-18(23(17,3)13-16(24-4)19(22)28)26-27(5)20(15)25-21(29)14-9-7-6-8-10-14;1-22(2)17-11-10-16-18(23(17,3)12-15(13-27)19(22)28)25-26(4)20(16)24-21(29)14-8-6-5-7-9-14;2*1-2-3;/h5-9,13,17H,10-12H2,1-4H3,(H,25,28);6-10,17,28H,11-13H2,1-3,5H3,(H,25,29);6-10,13,17H,11-12H2,1-3,5H3,(H,25,29);5-9,13,17,27H,10-12H2,1-4H3,(H,24,29);2*2-3H,1H3;1H4/b;;;15-13-;;;/t4*17-,23-;;;/m0000.../s1/i;;;;;;1T. The highest BCUT2D eigenvalue weighted by atomic mass is 16.5. The molecule has 123 heavy (non-hydrogen) atoms. The van der Waals surface area contributed by atoms with Crippen molar-refractivity contribution in [3.05, 3.63) is 264 Å². The molecule has 1 fully saturated rings. The maximum Gasteiger partial charge on any atom is 0.256 e. The van der Waals surface area contributed by atoms with Crippen LogP contribution < -0.4 is 32.2 Å². The molecule has 4 aromatic carbocycles. The molecule has 0 bridgehead atoms. The molecule has 0 aliphatic heterocycles. The number of rotatable bonds is 8. The van der Waals surface area contributed by atoms with Crippen molar-refractivity contribution >= 4 is 58.5 Å². The van der Waals surface area contributed by atoms with Crippen LogP contribution in [0.4, 0.5) is 23.3 Å². The molecule has 28 nitrogen and oxygen atoms in total. The maximum absolute atomic E-state index is 12.9. The molecule has 1 saturated carbocycles. The van der Waals surface area contributed by atoms with E-state index >= 15 is 0 Å². The number of ketones is 2. The first-order valence-corrected chi connectivity index (χ1v) is 41.3. The number of carbonyl (C=O) groups excluding carboxylic acids is 6. The summed E-state index contributed by atoms with van der Waals surface area (Å²) in [6.45, 7) is 40.0.